The summed E-state index contributed by atoms with van der Waals surface area (Å²) in [5, 5.41) is 0.705. The number of thioether (sulfide) groups is 1. The van der Waals surface area contributed by atoms with E-state index in [0.717, 1.165) is 10.5 Å². The van der Waals surface area contributed by atoms with Gasteiger partial charge in [0.2, 0.25) is 0 Å². The van der Waals surface area contributed by atoms with E-state index in [2.05, 4.69) is 13.8 Å². The normalized spacial score (nSPS) is 13.6. The fourth-order valence-electron chi connectivity index (χ4n) is 2.86. The standard InChI is InChI=1S/C21H25FN2O2S2/c1-14(2)16-6-9-18(10-7-16)28(25,26)24-13-21(27-15(3)23(4)5)19-12-17(22)8-11-20(19)24/h6-15H,1-5H3. The Balaban J connectivity index is 2.13. The average Bonchev–Trinajstić information content (AvgIpc) is 3.00. The van der Waals surface area contributed by atoms with Crippen LogP contribution in [0.5, 0.6) is 0 Å². The highest BCUT2D eigenvalue weighted by atomic mass is 32.2. The van der Waals surface area contributed by atoms with Crippen molar-refractivity contribution in [3.05, 3.63) is 60.0 Å². The maximum Gasteiger partial charge on any atom is 0.268 e. The lowest BCUT2D eigenvalue weighted by atomic mass is 10.0. The minimum Gasteiger partial charge on any atom is -0.298 e. The Bertz CT molecular complexity index is 1090. The predicted molar refractivity (Wildman–Crippen MR) is 114 cm³/mol. The first-order valence-electron chi connectivity index (χ1n) is 9.10. The van der Waals surface area contributed by atoms with Gasteiger partial charge in [-0.1, -0.05) is 26.0 Å². The molecule has 3 aromatic rings. The molecule has 1 aromatic heterocycles. The van der Waals surface area contributed by atoms with Crippen LogP contribution in [0.1, 0.15) is 32.3 Å². The van der Waals surface area contributed by atoms with Crippen LogP contribution in [0.3, 0.4) is 0 Å². The second-order valence-corrected chi connectivity index (χ2v) is 10.5. The number of fused-ring (bicyclic) bond motifs is 1. The van der Waals surface area contributed by atoms with Crippen LogP contribution >= 0.6 is 11.8 Å². The van der Waals surface area contributed by atoms with Gasteiger partial charge in [0.25, 0.3) is 10.0 Å². The van der Waals surface area contributed by atoms with Gasteiger partial charge in [0.15, 0.2) is 0 Å². The maximum absolute atomic E-state index is 13.9. The van der Waals surface area contributed by atoms with Crippen molar-refractivity contribution in [2.75, 3.05) is 14.1 Å². The number of benzene rings is 2. The third-order valence-electron chi connectivity index (χ3n) is 4.82. The van der Waals surface area contributed by atoms with Gasteiger partial charge < -0.3 is 0 Å². The Labute approximate surface area is 170 Å². The SMILES string of the molecule is CC(C)c1ccc(S(=O)(=O)n2cc(SC(C)N(C)C)c3cc(F)ccc32)cc1. The molecule has 4 nitrogen and oxygen atoms in total. The van der Waals surface area contributed by atoms with Crippen molar-refractivity contribution in [3.63, 3.8) is 0 Å². The quantitative estimate of drug-likeness (QED) is 0.409. The molecule has 0 amide bonds. The lowest BCUT2D eigenvalue weighted by molar-refractivity contribution is 0.402. The molecule has 0 radical (unpaired) electrons. The molecule has 0 aliphatic rings. The van der Waals surface area contributed by atoms with Gasteiger partial charge in [-0.25, -0.2) is 16.8 Å². The highest BCUT2D eigenvalue weighted by Gasteiger charge is 2.23. The van der Waals surface area contributed by atoms with E-state index in [1.165, 1.54) is 33.9 Å². The van der Waals surface area contributed by atoms with E-state index in [1.54, 1.807) is 18.3 Å². The van der Waals surface area contributed by atoms with Crippen LogP contribution in [0.15, 0.2) is 58.5 Å². The summed E-state index contributed by atoms with van der Waals surface area (Å²) in [5.41, 5.74) is 1.55. The summed E-state index contributed by atoms with van der Waals surface area (Å²) >= 11 is 1.50. The highest BCUT2D eigenvalue weighted by molar-refractivity contribution is 8.00. The molecule has 28 heavy (non-hydrogen) atoms. The Morgan fingerprint density at radius 2 is 1.68 bits per heavy atom. The Morgan fingerprint density at radius 3 is 2.25 bits per heavy atom. The van der Waals surface area contributed by atoms with Gasteiger partial charge in [0.05, 0.1) is 15.8 Å². The zero-order valence-electron chi connectivity index (χ0n) is 16.7. The summed E-state index contributed by atoms with van der Waals surface area (Å²) in [6, 6.07) is 11.2. The molecule has 0 spiro atoms. The summed E-state index contributed by atoms with van der Waals surface area (Å²) in [7, 11) is 0.109. The summed E-state index contributed by atoms with van der Waals surface area (Å²) in [6.45, 7) is 6.14. The van der Waals surface area contributed by atoms with Crippen LogP contribution in [-0.4, -0.2) is 36.8 Å². The van der Waals surface area contributed by atoms with E-state index in [9.17, 15) is 12.8 Å². The van der Waals surface area contributed by atoms with Crippen molar-refractivity contribution < 1.29 is 12.8 Å². The second-order valence-electron chi connectivity index (χ2n) is 7.36. The lowest BCUT2D eigenvalue weighted by Gasteiger charge is -2.18. The van der Waals surface area contributed by atoms with Crippen LogP contribution < -0.4 is 0 Å². The lowest BCUT2D eigenvalue weighted by Crippen LogP contribution is -2.20. The zero-order valence-corrected chi connectivity index (χ0v) is 18.3. The average molecular weight is 421 g/mol. The van der Waals surface area contributed by atoms with Gasteiger partial charge >= 0.3 is 0 Å². The van der Waals surface area contributed by atoms with Crippen molar-refractivity contribution in [2.24, 2.45) is 0 Å². The van der Waals surface area contributed by atoms with Gasteiger partial charge in [-0.3, -0.25) is 4.90 Å². The molecule has 0 aliphatic carbocycles. The molecule has 0 saturated carbocycles. The number of hydrogen-bond acceptors (Lipinski definition) is 4. The van der Waals surface area contributed by atoms with Gasteiger partial charge in [0, 0.05) is 16.5 Å². The smallest absolute Gasteiger partial charge is 0.268 e. The molecule has 0 aliphatic heterocycles. The van der Waals surface area contributed by atoms with Crippen LogP contribution in [-0.2, 0) is 10.0 Å². The maximum atomic E-state index is 13.9. The third-order valence-corrected chi connectivity index (χ3v) is 7.85. The molecule has 3 rings (SSSR count). The molecular weight excluding hydrogens is 395 g/mol. The van der Waals surface area contributed by atoms with Crippen molar-refractivity contribution in [1.82, 2.24) is 8.87 Å². The highest BCUT2D eigenvalue weighted by Crippen LogP contribution is 2.35. The second kappa shape index (κ2) is 7.89. The Kier molecular flexibility index (Phi) is 5.89. The van der Waals surface area contributed by atoms with Gasteiger partial charge in [0.1, 0.15) is 5.82 Å². The van der Waals surface area contributed by atoms with E-state index in [-0.39, 0.29) is 16.1 Å². The van der Waals surface area contributed by atoms with Crippen LogP contribution in [0.4, 0.5) is 4.39 Å². The first kappa shape index (κ1) is 20.9. The monoisotopic (exact) mass is 420 g/mol. The summed E-state index contributed by atoms with van der Waals surface area (Å²) in [5.74, 6) is -0.0639. The minimum absolute atomic E-state index is 0.107. The molecule has 7 heteroatoms. The zero-order chi connectivity index (χ0) is 20.6. The van der Waals surface area contributed by atoms with E-state index in [4.69, 9.17) is 0 Å². The Morgan fingerprint density at radius 1 is 1.04 bits per heavy atom. The van der Waals surface area contributed by atoms with Crippen LogP contribution in [0, 0.1) is 5.82 Å². The number of aromatic nitrogens is 1. The molecule has 1 unspecified atom stereocenters. The molecule has 1 atom stereocenters. The molecule has 150 valence electrons. The van der Waals surface area contributed by atoms with Crippen molar-refractivity contribution in [3.8, 4) is 0 Å². The van der Waals surface area contributed by atoms with Crippen molar-refractivity contribution in [2.45, 2.75) is 41.9 Å². The predicted octanol–water partition coefficient (Wildman–Crippen LogP) is 5.14. The van der Waals surface area contributed by atoms with E-state index < -0.39 is 10.0 Å². The number of nitrogens with zero attached hydrogens (tertiary/aromatic N) is 2. The van der Waals surface area contributed by atoms with Gasteiger partial charge in [-0.2, -0.15) is 0 Å². The molecular formula is C21H25FN2O2S2. The van der Waals surface area contributed by atoms with Gasteiger partial charge in [-0.15, -0.1) is 11.8 Å². The molecule has 0 N–H and O–H groups in total. The van der Waals surface area contributed by atoms with E-state index >= 15 is 0 Å². The van der Waals surface area contributed by atoms with Crippen molar-refractivity contribution >= 4 is 32.7 Å². The van der Waals surface area contributed by atoms with Crippen LogP contribution in [0.25, 0.3) is 10.9 Å². The molecule has 0 fully saturated rings. The summed E-state index contributed by atoms with van der Waals surface area (Å²) in [4.78, 5) is 2.97. The topological polar surface area (TPSA) is 42.3 Å². The molecule has 0 bridgehead atoms. The summed E-state index contributed by atoms with van der Waals surface area (Å²) < 4.78 is 41.7. The number of halogens is 1. The fraction of sp³-hybridized carbons (Fsp3) is 0.333. The van der Waals surface area contributed by atoms with E-state index in [1.807, 2.05) is 38.1 Å². The third kappa shape index (κ3) is 3.97. The van der Waals surface area contributed by atoms with Gasteiger partial charge in [-0.05, 0) is 62.8 Å². The first-order valence-corrected chi connectivity index (χ1v) is 11.4. The Hall–Kier alpha value is -1.83. The minimum atomic E-state index is -3.79. The number of rotatable bonds is 6. The number of hydrogen-bond donors (Lipinski definition) is 0. The van der Waals surface area contributed by atoms with E-state index in [0.29, 0.717) is 16.8 Å². The molecule has 0 saturated heterocycles. The largest absolute Gasteiger partial charge is 0.298 e. The van der Waals surface area contributed by atoms with Crippen molar-refractivity contribution in [1.29, 1.82) is 0 Å². The molecule has 1 heterocycles. The van der Waals surface area contributed by atoms with Crippen LogP contribution in [0.2, 0.25) is 0 Å². The summed E-state index contributed by atoms with van der Waals surface area (Å²) in [6.07, 6.45) is 1.60. The first-order chi connectivity index (χ1) is 13.1. The molecule has 2 aromatic carbocycles. The fourth-order valence-corrected chi connectivity index (χ4v) is 5.33.